The average Bonchev–Trinajstić information content (AvgIpc) is 3.01. The standard InChI is InChI=1S/C14H23N5/c1-4-14(5-2)19-9-7-13(17-19)11-15-10-12-6-8-18(3)16-12/h6-9,14-15H,4-5,10-11H2,1-3H3. The third kappa shape index (κ3) is 3.67. The van der Waals surface area contributed by atoms with E-state index in [1.54, 1.807) is 0 Å². The predicted octanol–water partition coefficient (Wildman–Crippen LogP) is 2.27. The molecule has 0 saturated heterocycles. The molecule has 0 saturated carbocycles. The Balaban J connectivity index is 1.83. The molecule has 1 N–H and O–H groups in total. The van der Waals surface area contributed by atoms with Crippen molar-refractivity contribution in [2.45, 2.75) is 45.8 Å². The van der Waals surface area contributed by atoms with Gasteiger partial charge in [0, 0.05) is 32.5 Å². The maximum Gasteiger partial charge on any atom is 0.0762 e. The van der Waals surface area contributed by atoms with E-state index in [1.165, 1.54) is 0 Å². The van der Waals surface area contributed by atoms with Gasteiger partial charge in [-0.05, 0) is 25.0 Å². The maximum absolute atomic E-state index is 4.62. The van der Waals surface area contributed by atoms with Crippen LogP contribution in [-0.4, -0.2) is 19.6 Å². The van der Waals surface area contributed by atoms with Gasteiger partial charge in [0.05, 0.1) is 17.4 Å². The van der Waals surface area contributed by atoms with Crippen LogP contribution in [0.1, 0.15) is 44.1 Å². The van der Waals surface area contributed by atoms with Crippen molar-refractivity contribution in [3.8, 4) is 0 Å². The summed E-state index contributed by atoms with van der Waals surface area (Å²) in [5, 5.41) is 12.3. The lowest BCUT2D eigenvalue weighted by Gasteiger charge is -2.12. The third-order valence-corrected chi connectivity index (χ3v) is 3.36. The molecule has 0 bridgehead atoms. The van der Waals surface area contributed by atoms with E-state index in [4.69, 9.17) is 0 Å². The zero-order valence-electron chi connectivity index (χ0n) is 12.0. The van der Waals surface area contributed by atoms with E-state index in [1.807, 2.05) is 24.0 Å². The monoisotopic (exact) mass is 261 g/mol. The van der Waals surface area contributed by atoms with Crippen molar-refractivity contribution >= 4 is 0 Å². The Hall–Kier alpha value is -1.62. The first kappa shape index (κ1) is 13.8. The third-order valence-electron chi connectivity index (χ3n) is 3.36. The van der Waals surface area contributed by atoms with Crippen LogP contribution in [0.3, 0.4) is 0 Å². The summed E-state index contributed by atoms with van der Waals surface area (Å²) in [5.41, 5.74) is 2.14. The van der Waals surface area contributed by atoms with Crippen molar-refractivity contribution in [1.29, 1.82) is 0 Å². The van der Waals surface area contributed by atoms with Crippen LogP contribution in [0.25, 0.3) is 0 Å². The number of nitrogens with one attached hydrogen (secondary N) is 1. The minimum atomic E-state index is 0.518. The Bertz CT molecular complexity index is 495. The van der Waals surface area contributed by atoms with Gasteiger partial charge in [-0.3, -0.25) is 9.36 Å². The molecule has 0 fully saturated rings. The van der Waals surface area contributed by atoms with Gasteiger partial charge in [-0.1, -0.05) is 13.8 Å². The minimum absolute atomic E-state index is 0.518. The number of nitrogens with zero attached hydrogens (tertiary/aromatic N) is 4. The highest BCUT2D eigenvalue weighted by Crippen LogP contribution is 2.14. The first-order valence-electron chi connectivity index (χ1n) is 6.96. The number of rotatable bonds is 7. The summed E-state index contributed by atoms with van der Waals surface area (Å²) in [5.74, 6) is 0. The molecule has 0 atom stereocenters. The van der Waals surface area contributed by atoms with Crippen LogP contribution in [0, 0.1) is 0 Å². The molecule has 0 radical (unpaired) electrons. The Morgan fingerprint density at radius 2 is 1.68 bits per heavy atom. The number of hydrogen-bond acceptors (Lipinski definition) is 3. The highest BCUT2D eigenvalue weighted by Gasteiger charge is 2.07. The molecule has 2 aromatic rings. The van der Waals surface area contributed by atoms with E-state index < -0.39 is 0 Å². The van der Waals surface area contributed by atoms with Crippen molar-refractivity contribution in [1.82, 2.24) is 24.9 Å². The van der Waals surface area contributed by atoms with Crippen molar-refractivity contribution in [3.05, 3.63) is 35.9 Å². The molecule has 0 unspecified atom stereocenters. The SMILES string of the molecule is CCC(CC)n1ccc(CNCc2ccn(C)n2)n1. The van der Waals surface area contributed by atoms with E-state index >= 15 is 0 Å². The molecule has 0 aromatic carbocycles. The molecule has 0 aliphatic rings. The fourth-order valence-electron chi connectivity index (χ4n) is 2.21. The average molecular weight is 261 g/mol. The van der Waals surface area contributed by atoms with E-state index in [0.717, 1.165) is 37.3 Å². The fraction of sp³-hybridized carbons (Fsp3) is 0.571. The van der Waals surface area contributed by atoms with Gasteiger partial charge in [0.25, 0.3) is 0 Å². The van der Waals surface area contributed by atoms with Crippen molar-refractivity contribution < 1.29 is 0 Å². The summed E-state index contributed by atoms with van der Waals surface area (Å²) in [6, 6.07) is 4.63. The van der Waals surface area contributed by atoms with Crippen molar-refractivity contribution in [3.63, 3.8) is 0 Å². The molecule has 104 valence electrons. The largest absolute Gasteiger partial charge is 0.305 e. The van der Waals surface area contributed by atoms with Gasteiger partial charge in [-0.2, -0.15) is 10.2 Å². The Labute approximate surface area is 114 Å². The lowest BCUT2D eigenvalue weighted by atomic mass is 10.2. The zero-order chi connectivity index (χ0) is 13.7. The Kier molecular flexibility index (Phi) is 4.74. The lowest BCUT2D eigenvalue weighted by molar-refractivity contribution is 0.424. The van der Waals surface area contributed by atoms with Crippen molar-refractivity contribution in [2.24, 2.45) is 7.05 Å². The van der Waals surface area contributed by atoms with Gasteiger partial charge < -0.3 is 5.32 Å². The molecule has 2 aromatic heterocycles. The number of hydrogen-bond donors (Lipinski definition) is 1. The zero-order valence-corrected chi connectivity index (χ0v) is 12.0. The molecule has 2 rings (SSSR count). The number of aryl methyl sites for hydroxylation is 1. The second-order valence-corrected chi connectivity index (χ2v) is 4.84. The highest BCUT2D eigenvalue weighted by atomic mass is 15.3. The van der Waals surface area contributed by atoms with Crippen LogP contribution in [0.5, 0.6) is 0 Å². The van der Waals surface area contributed by atoms with Crippen LogP contribution in [0.4, 0.5) is 0 Å². The molecule has 5 heteroatoms. The summed E-state index contributed by atoms with van der Waals surface area (Å²) < 4.78 is 3.90. The summed E-state index contributed by atoms with van der Waals surface area (Å²) in [4.78, 5) is 0. The van der Waals surface area contributed by atoms with E-state index in [9.17, 15) is 0 Å². The molecule has 2 heterocycles. The van der Waals surface area contributed by atoms with E-state index in [-0.39, 0.29) is 0 Å². The van der Waals surface area contributed by atoms with Crippen LogP contribution < -0.4 is 5.32 Å². The first-order chi connectivity index (χ1) is 9.22. The van der Waals surface area contributed by atoms with Gasteiger partial charge in [0.2, 0.25) is 0 Å². The first-order valence-corrected chi connectivity index (χ1v) is 6.96. The van der Waals surface area contributed by atoms with Crippen LogP contribution in [0.15, 0.2) is 24.5 Å². The molecule has 0 aliphatic carbocycles. The molecule has 5 nitrogen and oxygen atoms in total. The van der Waals surface area contributed by atoms with Gasteiger partial charge in [-0.15, -0.1) is 0 Å². The smallest absolute Gasteiger partial charge is 0.0762 e. The molecular weight excluding hydrogens is 238 g/mol. The quantitative estimate of drug-likeness (QED) is 0.831. The second kappa shape index (κ2) is 6.52. The number of aromatic nitrogens is 4. The molecule has 0 aliphatic heterocycles. The highest BCUT2D eigenvalue weighted by molar-refractivity contribution is 5.01. The molecule has 0 spiro atoms. The van der Waals surface area contributed by atoms with Crippen LogP contribution >= 0.6 is 0 Å². The lowest BCUT2D eigenvalue weighted by Crippen LogP contribution is -2.15. The summed E-state index contributed by atoms with van der Waals surface area (Å²) >= 11 is 0. The van der Waals surface area contributed by atoms with Gasteiger partial charge in [-0.25, -0.2) is 0 Å². The topological polar surface area (TPSA) is 47.7 Å². The maximum atomic E-state index is 4.62. The van der Waals surface area contributed by atoms with Crippen molar-refractivity contribution in [2.75, 3.05) is 0 Å². The normalized spacial score (nSPS) is 11.4. The summed E-state index contributed by atoms with van der Waals surface area (Å²) in [6.07, 6.45) is 6.28. The molecule has 19 heavy (non-hydrogen) atoms. The fourth-order valence-corrected chi connectivity index (χ4v) is 2.21. The second-order valence-electron chi connectivity index (χ2n) is 4.84. The minimum Gasteiger partial charge on any atom is -0.305 e. The van der Waals surface area contributed by atoms with E-state index in [0.29, 0.717) is 6.04 Å². The Morgan fingerprint density at radius 3 is 2.26 bits per heavy atom. The molecular formula is C14H23N5. The van der Waals surface area contributed by atoms with Crippen LogP contribution in [0.2, 0.25) is 0 Å². The summed E-state index contributed by atoms with van der Waals surface area (Å²) in [7, 11) is 1.93. The Morgan fingerprint density at radius 1 is 1.05 bits per heavy atom. The molecule has 0 amide bonds. The van der Waals surface area contributed by atoms with Gasteiger partial charge in [0.15, 0.2) is 0 Å². The van der Waals surface area contributed by atoms with Gasteiger partial charge >= 0.3 is 0 Å². The van der Waals surface area contributed by atoms with Crippen LogP contribution in [-0.2, 0) is 20.1 Å². The van der Waals surface area contributed by atoms with Gasteiger partial charge in [0.1, 0.15) is 0 Å². The summed E-state index contributed by atoms with van der Waals surface area (Å²) in [6.45, 7) is 5.96. The van der Waals surface area contributed by atoms with E-state index in [2.05, 4.69) is 46.3 Å². The predicted molar refractivity (Wildman–Crippen MR) is 75.6 cm³/mol.